The quantitative estimate of drug-likeness (QED) is 0.749. The summed E-state index contributed by atoms with van der Waals surface area (Å²) in [7, 11) is -1.64. The third kappa shape index (κ3) is 4.41. The van der Waals surface area contributed by atoms with Crippen LogP contribution in [0, 0.1) is 5.82 Å². The second kappa shape index (κ2) is 7.22. The molecule has 1 aliphatic rings. The van der Waals surface area contributed by atoms with Crippen LogP contribution in [0.3, 0.4) is 0 Å². The number of hydrogen-bond donors (Lipinski definition) is 2. The van der Waals surface area contributed by atoms with E-state index in [2.05, 4.69) is 18.7 Å². The highest BCUT2D eigenvalue weighted by atomic mass is 19.1. The Bertz CT molecular complexity index is 472. The van der Waals surface area contributed by atoms with Gasteiger partial charge in [-0.05, 0) is 31.4 Å². The molecule has 21 heavy (non-hydrogen) atoms. The smallest absolute Gasteiger partial charge is 0.488 e. The summed E-state index contributed by atoms with van der Waals surface area (Å²) in [5.41, 5.74) is 0.194. The largest absolute Gasteiger partial charge is 0.488 e. The summed E-state index contributed by atoms with van der Waals surface area (Å²) in [5, 5.41) is 18.2. The molecular formula is C14H21BFNO4. The van der Waals surface area contributed by atoms with Crippen LogP contribution in [0.1, 0.15) is 13.8 Å². The minimum Gasteiger partial charge on any atom is -0.488 e. The summed E-state index contributed by atoms with van der Waals surface area (Å²) in [6, 6.07) is 4.20. The van der Waals surface area contributed by atoms with Gasteiger partial charge in [0.1, 0.15) is 12.7 Å². The molecule has 1 atom stereocenters. The van der Waals surface area contributed by atoms with Gasteiger partial charge in [-0.1, -0.05) is 6.07 Å². The maximum absolute atomic E-state index is 13.7. The Balaban J connectivity index is 1.95. The molecule has 1 saturated heterocycles. The molecule has 2 rings (SSSR count). The normalized spacial score (nSPS) is 19.8. The van der Waals surface area contributed by atoms with E-state index in [0.717, 1.165) is 19.2 Å². The molecule has 0 aliphatic carbocycles. The van der Waals surface area contributed by atoms with Crippen LogP contribution in [-0.4, -0.2) is 60.5 Å². The molecule has 0 bridgehead atoms. The van der Waals surface area contributed by atoms with Crippen LogP contribution < -0.4 is 10.2 Å². The lowest BCUT2D eigenvalue weighted by Gasteiger charge is -2.35. The fourth-order valence-corrected chi connectivity index (χ4v) is 2.29. The first-order valence-electron chi connectivity index (χ1n) is 7.11. The molecule has 0 spiro atoms. The molecule has 1 heterocycles. The van der Waals surface area contributed by atoms with Gasteiger partial charge in [0.15, 0.2) is 11.6 Å². The van der Waals surface area contributed by atoms with Gasteiger partial charge in [0.05, 0.1) is 6.61 Å². The molecule has 7 heteroatoms. The van der Waals surface area contributed by atoms with E-state index in [-0.39, 0.29) is 23.9 Å². The van der Waals surface area contributed by atoms with Crippen LogP contribution in [0.25, 0.3) is 0 Å². The number of rotatable bonds is 5. The Morgan fingerprint density at radius 1 is 1.48 bits per heavy atom. The maximum Gasteiger partial charge on any atom is 0.488 e. The average molecular weight is 297 g/mol. The number of benzene rings is 1. The average Bonchev–Trinajstić information content (AvgIpc) is 2.46. The van der Waals surface area contributed by atoms with Crippen LogP contribution in [0.15, 0.2) is 18.2 Å². The van der Waals surface area contributed by atoms with Gasteiger partial charge in [-0.3, -0.25) is 4.90 Å². The zero-order valence-electron chi connectivity index (χ0n) is 12.3. The number of morpholine rings is 1. The van der Waals surface area contributed by atoms with Crippen molar-refractivity contribution in [3.63, 3.8) is 0 Å². The highest BCUT2D eigenvalue weighted by molar-refractivity contribution is 6.58. The van der Waals surface area contributed by atoms with Crippen LogP contribution in [0.2, 0.25) is 0 Å². The summed E-state index contributed by atoms with van der Waals surface area (Å²) in [6.45, 7) is 6.72. The van der Waals surface area contributed by atoms with E-state index in [1.54, 1.807) is 0 Å². The Hall–Kier alpha value is -1.15. The van der Waals surface area contributed by atoms with E-state index in [9.17, 15) is 4.39 Å². The lowest BCUT2D eigenvalue weighted by Crippen LogP contribution is -2.47. The molecule has 1 aliphatic heterocycles. The Labute approximate surface area is 124 Å². The van der Waals surface area contributed by atoms with Crippen LogP contribution in [0.5, 0.6) is 5.75 Å². The Kier molecular flexibility index (Phi) is 5.58. The van der Waals surface area contributed by atoms with Crippen molar-refractivity contribution in [2.45, 2.75) is 26.0 Å². The van der Waals surface area contributed by atoms with Crippen molar-refractivity contribution in [2.24, 2.45) is 0 Å². The van der Waals surface area contributed by atoms with Crippen LogP contribution >= 0.6 is 0 Å². The summed E-state index contributed by atoms with van der Waals surface area (Å²) in [6.07, 6.45) is -0.122. The lowest BCUT2D eigenvalue weighted by atomic mass is 9.80. The third-order valence-corrected chi connectivity index (χ3v) is 3.58. The number of halogens is 1. The van der Waals surface area contributed by atoms with Gasteiger partial charge in [0.2, 0.25) is 0 Å². The molecule has 2 N–H and O–H groups in total. The molecule has 0 amide bonds. The fourth-order valence-electron chi connectivity index (χ4n) is 2.29. The first-order valence-corrected chi connectivity index (χ1v) is 7.11. The molecule has 0 radical (unpaired) electrons. The fraction of sp³-hybridized carbons (Fsp3) is 0.571. The zero-order valence-corrected chi connectivity index (χ0v) is 12.3. The van der Waals surface area contributed by atoms with E-state index in [4.69, 9.17) is 19.5 Å². The van der Waals surface area contributed by atoms with Crippen molar-refractivity contribution in [2.75, 3.05) is 26.3 Å². The van der Waals surface area contributed by atoms with Gasteiger partial charge >= 0.3 is 7.12 Å². The van der Waals surface area contributed by atoms with Gasteiger partial charge in [0.25, 0.3) is 0 Å². The minimum atomic E-state index is -1.64. The number of nitrogens with zero attached hydrogens (tertiary/aromatic N) is 1. The highest BCUT2D eigenvalue weighted by Crippen LogP contribution is 2.16. The van der Waals surface area contributed by atoms with Crippen LogP contribution in [0.4, 0.5) is 4.39 Å². The van der Waals surface area contributed by atoms with Gasteiger partial charge in [-0.15, -0.1) is 0 Å². The Morgan fingerprint density at radius 2 is 2.24 bits per heavy atom. The SMILES string of the molecule is CC(C)N1CCOC(COc2cc(B(O)O)ccc2F)C1. The van der Waals surface area contributed by atoms with Crippen molar-refractivity contribution in [3.05, 3.63) is 24.0 Å². The predicted octanol–water partition coefficient (Wildman–Crippen LogP) is -0.00650. The van der Waals surface area contributed by atoms with Crippen molar-refractivity contribution < 1.29 is 23.9 Å². The first kappa shape index (κ1) is 16.2. The molecule has 0 saturated carbocycles. The lowest BCUT2D eigenvalue weighted by molar-refractivity contribution is -0.0568. The third-order valence-electron chi connectivity index (χ3n) is 3.58. The summed E-state index contributed by atoms with van der Waals surface area (Å²) >= 11 is 0. The van der Waals surface area contributed by atoms with E-state index >= 15 is 0 Å². The molecule has 1 unspecified atom stereocenters. The van der Waals surface area contributed by atoms with Gasteiger partial charge in [0, 0.05) is 19.1 Å². The molecule has 5 nitrogen and oxygen atoms in total. The second-order valence-corrected chi connectivity index (χ2v) is 5.46. The maximum atomic E-state index is 13.7. The minimum absolute atomic E-state index is 0.00544. The van der Waals surface area contributed by atoms with Crippen molar-refractivity contribution in [3.8, 4) is 5.75 Å². The predicted molar refractivity (Wildman–Crippen MR) is 78.2 cm³/mol. The molecule has 116 valence electrons. The molecule has 1 aromatic carbocycles. The van der Waals surface area contributed by atoms with E-state index in [1.165, 1.54) is 12.1 Å². The van der Waals surface area contributed by atoms with Crippen LogP contribution in [-0.2, 0) is 4.74 Å². The number of ether oxygens (including phenoxy) is 2. The molecule has 0 aromatic heterocycles. The summed E-state index contributed by atoms with van der Waals surface area (Å²) < 4.78 is 24.7. The zero-order chi connectivity index (χ0) is 15.4. The van der Waals surface area contributed by atoms with Gasteiger partial charge < -0.3 is 19.5 Å². The topological polar surface area (TPSA) is 62.2 Å². The van der Waals surface area contributed by atoms with Crippen molar-refractivity contribution in [1.82, 2.24) is 4.90 Å². The van der Waals surface area contributed by atoms with Gasteiger partial charge in [-0.25, -0.2) is 4.39 Å². The molecule has 1 fully saturated rings. The molecule has 1 aromatic rings. The molecular weight excluding hydrogens is 276 g/mol. The highest BCUT2D eigenvalue weighted by Gasteiger charge is 2.23. The van der Waals surface area contributed by atoms with Gasteiger partial charge in [-0.2, -0.15) is 0 Å². The van der Waals surface area contributed by atoms with E-state index in [0.29, 0.717) is 12.6 Å². The first-order chi connectivity index (χ1) is 9.97. The number of hydrogen-bond acceptors (Lipinski definition) is 5. The van der Waals surface area contributed by atoms with E-state index in [1.807, 2.05) is 0 Å². The Morgan fingerprint density at radius 3 is 2.90 bits per heavy atom. The van der Waals surface area contributed by atoms with Crippen molar-refractivity contribution in [1.29, 1.82) is 0 Å². The summed E-state index contributed by atoms with van der Waals surface area (Å²) in [5.74, 6) is -0.526. The summed E-state index contributed by atoms with van der Waals surface area (Å²) in [4.78, 5) is 2.28. The standard InChI is InChI=1S/C14H21BFNO4/c1-10(2)17-5-6-20-12(8-17)9-21-14-7-11(15(18)19)3-4-13(14)16/h3-4,7,10,12,18-19H,5-6,8-9H2,1-2H3. The monoisotopic (exact) mass is 297 g/mol. The van der Waals surface area contributed by atoms with Crippen molar-refractivity contribution >= 4 is 12.6 Å². The van der Waals surface area contributed by atoms with E-state index < -0.39 is 12.9 Å². The second-order valence-electron chi connectivity index (χ2n) is 5.46.